The SMILES string of the molecule is C=C(C)CCCC(C)(C)C=CC. The summed E-state index contributed by atoms with van der Waals surface area (Å²) in [5, 5.41) is 0. The molecule has 0 saturated heterocycles. The molecule has 0 bridgehead atoms. The molecule has 0 aromatic heterocycles. The molecule has 12 heavy (non-hydrogen) atoms. The summed E-state index contributed by atoms with van der Waals surface area (Å²) in [6.45, 7) is 12.7. The van der Waals surface area contributed by atoms with Gasteiger partial charge in [-0.2, -0.15) is 0 Å². The minimum atomic E-state index is 0.365. The second-order valence-electron chi connectivity index (χ2n) is 4.30. The van der Waals surface area contributed by atoms with Gasteiger partial charge < -0.3 is 0 Å². The molecule has 0 fully saturated rings. The van der Waals surface area contributed by atoms with Crippen LogP contribution in [0.25, 0.3) is 0 Å². The lowest BCUT2D eigenvalue weighted by molar-refractivity contribution is 0.421. The average Bonchev–Trinajstić information content (AvgIpc) is 1.85. The molecule has 0 saturated carbocycles. The van der Waals surface area contributed by atoms with Crippen molar-refractivity contribution in [3.05, 3.63) is 24.3 Å². The Balaban J connectivity index is 3.68. The van der Waals surface area contributed by atoms with Crippen LogP contribution in [0.15, 0.2) is 24.3 Å². The molecule has 70 valence electrons. The maximum atomic E-state index is 3.90. The van der Waals surface area contributed by atoms with Gasteiger partial charge in [-0.1, -0.05) is 31.6 Å². The highest BCUT2D eigenvalue weighted by Crippen LogP contribution is 2.25. The van der Waals surface area contributed by atoms with Gasteiger partial charge in [-0.3, -0.25) is 0 Å². The lowest BCUT2D eigenvalue weighted by Crippen LogP contribution is -2.06. The van der Waals surface area contributed by atoms with Crippen molar-refractivity contribution in [1.82, 2.24) is 0 Å². The van der Waals surface area contributed by atoms with Gasteiger partial charge in [0.05, 0.1) is 0 Å². The van der Waals surface area contributed by atoms with E-state index in [1.165, 1.54) is 24.8 Å². The molecular formula is C12H22. The Labute approximate surface area is 77.4 Å². The predicted octanol–water partition coefficient (Wildman–Crippen LogP) is 4.34. The zero-order valence-electron chi connectivity index (χ0n) is 8.98. The molecule has 0 spiro atoms. The first-order chi connectivity index (χ1) is 5.48. The zero-order valence-corrected chi connectivity index (χ0v) is 8.98. The van der Waals surface area contributed by atoms with Crippen molar-refractivity contribution in [3.63, 3.8) is 0 Å². The Hall–Kier alpha value is -0.520. The van der Waals surface area contributed by atoms with E-state index in [2.05, 4.69) is 46.4 Å². The highest BCUT2D eigenvalue weighted by molar-refractivity contribution is 4.94. The van der Waals surface area contributed by atoms with Crippen LogP contribution in [0.1, 0.15) is 47.0 Å². The lowest BCUT2D eigenvalue weighted by Gasteiger charge is -2.19. The third-order valence-electron chi connectivity index (χ3n) is 2.04. The number of rotatable bonds is 5. The van der Waals surface area contributed by atoms with Gasteiger partial charge in [0.25, 0.3) is 0 Å². The maximum Gasteiger partial charge on any atom is -0.0175 e. The third kappa shape index (κ3) is 6.21. The molecule has 0 aromatic rings. The Kier molecular flexibility index (Phi) is 4.96. The van der Waals surface area contributed by atoms with Gasteiger partial charge >= 0.3 is 0 Å². The van der Waals surface area contributed by atoms with E-state index in [9.17, 15) is 0 Å². The molecular weight excluding hydrogens is 144 g/mol. The largest absolute Gasteiger partial charge is 0.100 e. The molecule has 0 aliphatic carbocycles. The molecule has 0 rings (SSSR count). The first-order valence-electron chi connectivity index (χ1n) is 4.76. The fourth-order valence-electron chi connectivity index (χ4n) is 1.38. The van der Waals surface area contributed by atoms with E-state index in [1.807, 2.05) is 0 Å². The van der Waals surface area contributed by atoms with E-state index in [1.54, 1.807) is 0 Å². The second-order valence-corrected chi connectivity index (χ2v) is 4.30. The van der Waals surface area contributed by atoms with Crippen molar-refractivity contribution < 1.29 is 0 Å². The van der Waals surface area contributed by atoms with Crippen molar-refractivity contribution in [3.8, 4) is 0 Å². The Morgan fingerprint density at radius 3 is 2.42 bits per heavy atom. The normalized spacial score (nSPS) is 12.3. The molecule has 0 aliphatic rings. The monoisotopic (exact) mass is 166 g/mol. The number of hydrogen-bond donors (Lipinski definition) is 0. The summed E-state index contributed by atoms with van der Waals surface area (Å²) in [4.78, 5) is 0. The molecule has 0 heterocycles. The lowest BCUT2D eigenvalue weighted by atomic mass is 9.86. The van der Waals surface area contributed by atoms with Gasteiger partial charge in [-0.15, -0.1) is 6.58 Å². The van der Waals surface area contributed by atoms with E-state index < -0.39 is 0 Å². The molecule has 0 aliphatic heterocycles. The van der Waals surface area contributed by atoms with E-state index in [-0.39, 0.29) is 0 Å². The summed E-state index contributed by atoms with van der Waals surface area (Å²) in [5.74, 6) is 0. The quantitative estimate of drug-likeness (QED) is 0.533. The van der Waals surface area contributed by atoms with Crippen LogP contribution in [0.3, 0.4) is 0 Å². The van der Waals surface area contributed by atoms with Crippen LogP contribution < -0.4 is 0 Å². The summed E-state index contributed by atoms with van der Waals surface area (Å²) in [5.41, 5.74) is 1.66. The van der Waals surface area contributed by atoms with E-state index in [0.717, 1.165) is 0 Å². The topological polar surface area (TPSA) is 0 Å². The first-order valence-corrected chi connectivity index (χ1v) is 4.76. The molecule has 0 N–H and O–H groups in total. The molecule has 0 amide bonds. The minimum Gasteiger partial charge on any atom is -0.100 e. The summed E-state index contributed by atoms with van der Waals surface area (Å²) >= 11 is 0. The van der Waals surface area contributed by atoms with Crippen molar-refractivity contribution >= 4 is 0 Å². The van der Waals surface area contributed by atoms with Crippen molar-refractivity contribution in [2.45, 2.75) is 47.0 Å². The van der Waals surface area contributed by atoms with Gasteiger partial charge in [0.2, 0.25) is 0 Å². The van der Waals surface area contributed by atoms with Gasteiger partial charge in [0.1, 0.15) is 0 Å². The van der Waals surface area contributed by atoms with E-state index in [0.29, 0.717) is 5.41 Å². The molecule has 0 unspecified atom stereocenters. The van der Waals surface area contributed by atoms with Crippen LogP contribution in [-0.4, -0.2) is 0 Å². The summed E-state index contributed by atoms with van der Waals surface area (Å²) in [6.07, 6.45) is 8.10. The van der Waals surface area contributed by atoms with Crippen LogP contribution in [0.4, 0.5) is 0 Å². The van der Waals surface area contributed by atoms with Crippen LogP contribution in [-0.2, 0) is 0 Å². The highest BCUT2D eigenvalue weighted by atomic mass is 14.2. The van der Waals surface area contributed by atoms with Gasteiger partial charge in [0.15, 0.2) is 0 Å². The summed E-state index contributed by atoms with van der Waals surface area (Å²) < 4.78 is 0. The number of allylic oxidation sites excluding steroid dienone is 3. The highest BCUT2D eigenvalue weighted by Gasteiger charge is 2.11. The van der Waals surface area contributed by atoms with E-state index >= 15 is 0 Å². The van der Waals surface area contributed by atoms with Crippen LogP contribution in [0.5, 0.6) is 0 Å². The zero-order chi connectivity index (χ0) is 9.61. The van der Waals surface area contributed by atoms with Gasteiger partial charge in [-0.25, -0.2) is 0 Å². The van der Waals surface area contributed by atoms with Crippen LogP contribution >= 0.6 is 0 Å². The maximum absolute atomic E-state index is 3.90. The molecule has 0 radical (unpaired) electrons. The van der Waals surface area contributed by atoms with Crippen molar-refractivity contribution in [2.24, 2.45) is 5.41 Å². The van der Waals surface area contributed by atoms with E-state index in [4.69, 9.17) is 0 Å². The number of hydrogen-bond acceptors (Lipinski definition) is 0. The first kappa shape index (κ1) is 11.5. The third-order valence-corrected chi connectivity index (χ3v) is 2.04. The Morgan fingerprint density at radius 1 is 1.42 bits per heavy atom. The van der Waals surface area contributed by atoms with Gasteiger partial charge in [-0.05, 0) is 38.5 Å². The fraction of sp³-hybridized carbons (Fsp3) is 0.667. The molecule has 0 aromatic carbocycles. The fourth-order valence-corrected chi connectivity index (χ4v) is 1.38. The van der Waals surface area contributed by atoms with Crippen LogP contribution in [0, 0.1) is 5.41 Å². The summed E-state index contributed by atoms with van der Waals surface area (Å²) in [7, 11) is 0. The smallest absolute Gasteiger partial charge is 0.0175 e. The molecule has 0 heteroatoms. The standard InChI is InChI=1S/C12H22/c1-6-9-12(4,5)10-7-8-11(2)3/h6,9H,2,7-8,10H2,1,3-5H3. The van der Waals surface area contributed by atoms with Crippen molar-refractivity contribution in [2.75, 3.05) is 0 Å². The predicted molar refractivity (Wildman–Crippen MR) is 57.3 cm³/mol. The molecule has 0 nitrogen and oxygen atoms in total. The van der Waals surface area contributed by atoms with Gasteiger partial charge in [0, 0.05) is 0 Å². The molecule has 0 atom stereocenters. The average molecular weight is 166 g/mol. The summed E-state index contributed by atoms with van der Waals surface area (Å²) in [6, 6.07) is 0. The second kappa shape index (κ2) is 5.18. The van der Waals surface area contributed by atoms with Crippen molar-refractivity contribution in [1.29, 1.82) is 0 Å². The Bertz CT molecular complexity index is 161. The Morgan fingerprint density at radius 2 is 2.00 bits per heavy atom. The van der Waals surface area contributed by atoms with Crippen LogP contribution in [0.2, 0.25) is 0 Å². The minimum absolute atomic E-state index is 0.365.